The van der Waals surface area contributed by atoms with Crippen molar-refractivity contribution in [2.75, 3.05) is 0 Å². The zero-order valence-corrected chi connectivity index (χ0v) is 8.03. The number of hydrogen-bond acceptors (Lipinski definition) is 3. The van der Waals surface area contributed by atoms with E-state index in [1.165, 1.54) is 24.3 Å². The smallest absolute Gasteiger partial charge is 0.423 e. The molecule has 16 heavy (non-hydrogen) atoms. The number of ketones is 1. The van der Waals surface area contributed by atoms with Crippen molar-refractivity contribution in [1.82, 2.24) is 0 Å². The molecule has 0 aliphatic rings. The Balaban J connectivity index is 2.73. The highest BCUT2D eigenvalue weighted by molar-refractivity contribution is 6.58. The predicted molar refractivity (Wildman–Crippen MR) is 51.0 cm³/mol. The van der Waals surface area contributed by atoms with Crippen LogP contribution in [0.3, 0.4) is 0 Å². The van der Waals surface area contributed by atoms with E-state index in [4.69, 9.17) is 10.0 Å². The van der Waals surface area contributed by atoms with Crippen LogP contribution in [0.25, 0.3) is 0 Å². The molecule has 2 N–H and O–H groups in total. The molecule has 3 nitrogen and oxygen atoms in total. The first-order valence-corrected chi connectivity index (χ1v) is 4.35. The Hall–Kier alpha value is -1.34. The van der Waals surface area contributed by atoms with E-state index in [1.807, 2.05) is 0 Å². The maximum Gasteiger partial charge on any atom is 0.488 e. The van der Waals surface area contributed by atoms with Crippen LogP contribution in [-0.4, -0.2) is 29.1 Å². The molecule has 0 aromatic heterocycles. The van der Waals surface area contributed by atoms with E-state index in [1.54, 1.807) is 0 Å². The van der Waals surface area contributed by atoms with E-state index in [-0.39, 0.29) is 11.0 Å². The summed E-state index contributed by atoms with van der Waals surface area (Å²) in [6, 6.07) is 5.00. The lowest BCUT2D eigenvalue weighted by atomic mass is 9.80. The van der Waals surface area contributed by atoms with Crippen molar-refractivity contribution in [3.8, 4) is 0 Å². The van der Waals surface area contributed by atoms with Crippen LogP contribution in [0.5, 0.6) is 0 Å². The molecule has 0 amide bonds. The van der Waals surface area contributed by atoms with Gasteiger partial charge in [0.05, 0.1) is 0 Å². The number of hydrogen-bond donors (Lipinski definition) is 2. The van der Waals surface area contributed by atoms with Crippen molar-refractivity contribution in [2.45, 2.75) is 12.6 Å². The highest BCUT2D eigenvalue weighted by Crippen LogP contribution is 2.18. The van der Waals surface area contributed by atoms with Crippen LogP contribution in [0.2, 0.25) is 0 Å². The number of rotatable bonds is 3. The second kappa shape index (κ2) is 4.67. The summed E-state index contributed by atoms with van der Waals surface area (Å²) >= 11 is 0. The van der Waals surface area contributed by atoms with Crippen molar-refractivity contribution in [3.63, 3.8) is 0 Å². The first kappa shape index (κ1) is 12.7. The summed E-state index contributed by atoms with van der Waals surface area (Å²) in [5.74, 6) is -1.83. The minimum Gasteiger partial charge on any atom is -0.423 e. The molecule has 7 heteroatoms. The van der Waals surface area contributed by atoms with E-state index >= 15 is 0 Å². The molecule has 0 aliphatic heterocycles. The van der Waals surface area contributed by atoms with E-state index in [9.17, 15) is 18.0 Å². The van der Waals surface area contributed by atoms with Gasteiger partial charge in [0.15, 0.2) is 0 Å². The molecule has 0 fully saturated rings. The summed E-state index contributed by atoms with van der Waals surface area (Å²) in [4.78, 5) is 10.6. The minimum absolute atomic E-state index is 0.156. The molecule has 0 heterocycles. The Morgan fingerprint density at radius 3 is 2.06 bits per heavy atom. The summed E-state index contributed by atoms with van der Waals surface area (Å²) < 4.78 is 35.7. The van der Waals surface area contributed by atoms with E-state index in [2.05, 4.69) is 0 Å². The van der Waals surface area contributed by atoms with Gasteiger partial charge in [0.1, 0.15) is 0 Å². The third kappa shape index (κ3) is 3.35. The monoisotopic (exact) mass is 232 g/mol. The summed E-state index contributed by atoms with van der Waals surface area (Å²) in [5.41, 5.74) is 0.329. The van der Waals surface area contributed by atoms with Gasteiger partial charge in [-0.1, -0.05) is 24.3 Å². The molecule has 0 radical (unpaired) electrons. The summed E-state index contributed by atoms with van der Waals surface area (Å²) in [6.07, 6.45) is -5.58. The maximum absolute atomic E-state index is 11.9. The van der Waals surface area contributed by atoms with E-state index < -0.39 is 25.5 Å². The second-order valence-electron chi connectivity index (χ2n) is 3.21. The first-order valence-electron chi connectivity index (χ1n) is 4.35. The third-order valence-corrected chi connectivity index (χ3v) is 1.96. The van der Waals surface area contributed by atoms with Crippen molar-refractivity contribution in [3.05, 3.63) is 29.8 Å². The highest BCUT2D eigenvalue weighted by atomic mass is 19.4. The molecule has 0 saturated carbocycles. The van der Waals surface area contributed by atoms with Crippen LogP contribution in [-0.2, 0) is 11.2 Å². The molecule has 86 valence electrons. The lowest BCUT2D eigenvalue weighted by Crippen LogP contribution is -2.30. The quantitative estimate of drug-likeness (QED) is 0.723. The van der Waals surface area contributed by atoms with E-state index in [0.29, 0.717) is 0 Å². The molecule has 0 saturated heterocycles. The molecule has 0 unspecified atom stereocenters. The molecule has 1 aromatic rings. The Morgan fingerprint density at radius 1 is 1.19 bits per heavy atom. The fourth-order valence-electron chi connectivity index (χ4n) is 1.09. The lowest BCUT2D eigenvalue weighted by Gasteiger charge is -2.05. The van der Waals surface area contributed by atoms with E-state index in [0.717, 1.165) is 0 Å². The van der Waals surface area contributed by atoms with Crippen molar-refractivity contribution in [2.24, 2.45) is 0 Å². The summed E-state index contributed by atoms with van der Waals surface area (Å²) in [7, 11) is -1.67. The molecule has 1 rings (SSSR count). The number of alkyl halides is 3. The molecular weight excluding hydrogens is 224 g/mol. The predicted octanol–water partition coefficient (Wildman–Crippen LogP) is 0.0403. The van der Waals surface area contributed by atoms with Crippen molar-refractivity contribution in [1.29, 1.82) is 0 Å². The fraction of sp³-hybridized carbons (Fsp3) is 0.222. The molecule has 0 atom stereocenters. The van der Waals surface area contributed by atoms with Gasteiger partial charge in [-0.3, -0.25) is 4.79 Å². The number of carbonyl (C=O) groups is 1. The van der Waals surface area contributed by atoms with Crippen LogP contribution < -0.4 is 5.46 Å². The zero-order valence-electron chi connectivity index (χ0n) is 8.03. The van der Waals surface area contributed by atoms with Crippen LogP contribution in [0.4, 0.5) is 13.2 Å². The Morgan fingerprint density at radius 2 is 1.69 bits per heavy atom. The normalized spacial score (nSPS) is 11.3. The summed E-state index contributed by atoms with van der Waals surface area (Å²) in [5, 5.41) is 17.5. The average molecular weight is 232 g/mol. The maximum atomic E-state index is 11.9. The summed E-state index contributed by atoms with van der Waals surface area (Å²) in [6.45, 7) is 0. The van der Waals surface area contributed by atoms with Gasteiger partial charge in [0.25, 0.3) is 0 Å². The molecule has 0 bridgehead atoms. The third-order valence-electron chi connectivity index (χ3n) is 1.96. The van der Waals surface area contributed by atoms with Gasteiger partial charge in [-0.15, -0.1) is 0 Å². The largest absolute Gasteiger partial charge is 0.488 e. The van der Waals surface area contributed by atoms with Crippen LogP contribution in [0, 0.1) is 0 Å². The molecule has 0 spiro atoms. The van der Waals surface area contributed by atoms with Gasteiger partial charge in [-0.25, -0.2) is 0 Å². The lowest BCUT2D eigenvalue weighted by molar-refractivity contribution is -0.170. The van der Waals surface area contributed by atoms with Gasteiger partial charge in [-0.2, -0.15) is 13.2 Å². The van der Waals surface area contributed by atoms with Gasteiger partial charge < -0.3 is 10.0 Å². The van der Waals surface area contributed by atoms with Crippen LogP contribution in [0.1, 0.15) is 5.56 Å². The SMILES string of the molecule is O=C(Cc1ccc(B(O)O)cc1)C(F)(F)F. The molecule has 0 aliphatic carbocycles. The van der Waals surface area contributed by atoms with Crippen molar-refractivity contribution < 1.29 is 28.0 Å². The van der Waals surface area contributed by atoms with Gasteiger partial charge in [0.2, 0.25) is 5.78 Å². The standard InChI is InChI=1S/C9H8BF3O3/c11-9(12,13)8(14)5-6-1-3-7(4-2-6)10(15)16/h1-4,15-16H,5H2. The van der Waals surface area contributed by atoms with Crippen molar-refractivity contribution >= 4 is 18.4 Å². The minimum atomic E-state index is -4.84. The first-order chi connectivity index (χ1) is 7.30. The zero-order chi connectivity index (χ0) is 12.3. The van der Waals surface area contributed by atoms with Crippen LogP contribution in [0.15, 0.2) is 24.3 Å². The van der Waals surface area contributed by atoms with Gasteiger partial charge in [0, 0.05) is 6.42 Å². The van der Waals surface area contributed by atoms with Gasteiger partial charge in [-0.05, 0) is 11.0 Å². The number of Topliss-reactive ketones (excluding diaryl/α,β-unsaturated/α-hetero) is 1. The Kier molecular flexibility index (Phi) is 3.72. The number of carbonyl (C=O) groups excluding carboxylic acids is 1. The average Bonchev–Trinajstić information content (AvgIpc) is 2.17. The van der Waals surface area contributed by atoms with Crippen LogP contribution >= 0.6 is 0 Å². The highest BCUT2D eigenvalue weighted by Gasteiger charge is 2.37. The number of halogens is 3. The molecular formula is C9H8BF3O3. The fourth-order valence-corrected chi connectivity index (χ4v) is 1.09. The Bertz CT molecular complexity index is 373. The second-order valence-corrected chi connectivity index (χ2v) is 3.21. The molecule has 1 aromatic carbocycles. The Labute approximate surface area is 89.7 Å². The van der Waals surface area contributed by atoms with Gasteiger partial charge >= 0.3 is 13.3 Å². The number of benzene rings is 1. The topological polar surface area (TPSA) is 57.5 Å².